The molecule has 0 fully saturated rings. The van der Waals surface area contributed by atoms with E-state index in [9.17, 15) is 0 Å². The molecule has 0 aliphatic carbocycles. The quantitative estimate of drug-likeness (QED) is 0.650. The van der Waals surface area contributed by atoms with Gasteiger partial charge in [-0.15, -0.1) is 11.3 Å². The molecule has 1 N–H and O–H groups in total. The zero-order valence-electron chi connectivity index (χ0n) is 12.4. The fraction of sp³-hybridized carbons (Fsp3) is 0.733. The van der Waals surface area contributed by atoms with Gasteiger partial charge in [-0.1, -0.05) is 31.9 Å². The topological polar surface area (TPSA) is 15.3 Å². The van der Waals surface area contributed by atoms with Crippen molar-refractivity contribution in [3.63, 3.8) is 0 Å². The average Bonchev–Trinajstić information content (AvgIpc) is 2.73. The second-order valence-corrected chi connectivity index (χ2v) is 7.40. The maximum atomic E-state index is 5.93. The summed E-state index contributed by atoms with van der Waals surface area (Å²) in [6, 6.07) is 4.11. The second kappa shape index (κ2) is 9.76. The summed E-state index contributed by atoms with van der Waals surface area (Å²) < 4.78 is 0.889. The van der Waals surface area contributed by atoms with Crippen LogP contribution in [0.25, 0.3) is 0 Å². The maximum absolute atomic E-state index is 5.93. The monoisotopic (exact) mass is 302 g/mol. The smallest absolute Gasteiger partial charge is 0.0931 e. The molecule has 1 heterocycles. The molecule has 0 aromatic carbocycles. The lowest BCUT2D eigenvalue weighted by Crippen LogP contribution is -2.21. The van der Waals surface area contributed by atoms with Gasteiger partial charge in [0, 0.05) is 11.4 Å². The first-order valence-corrected chi connectivity index (χ1v) is 8.41. The van der Waals surface area contributed by atoms with E-state index in [-0.39, 0.29) is 0 Å². The Balaban J connectivity index is 1.97. The molecule has 0 bridgehead atoms. The largest absolute Gasteiger partial charge is 0.316 e. The minimum Gasteiger partial charge on any atom is -0.316 e. The standard InChI is InChI=1S/C15H27ClN2S/c1-13(2)11-17-9-5-4-6-10-18(3)12-14-7-8-15(16)19-14/h7-8,13,17H,4-6,9-12H2,1-3H3. The van der Waals surface area contributed by atoms with Crippen molar-refractivity contribution in [3.8, 4) is 0 Å². The molecule has 0 aliphatic rings. The van der Waals surface area contributed by atoms with E-state index in [1.807, 2.05) is 6.07 Å². The Hall–Kier alpha value is -0.0900. The van der Waals surface area contributed by atoms with E-state index in [2.05, 4.69) is 37.2 Å². The Kier molecular flexibility index (Phi) is 8.71. The second-order valence-electron chi connectivity index (χ2n) is 5.60. The van der Waals surface area contributed by atoms with Crippen LogP contribution >= 0.6 is 22.9 Å². The van der Waals surface area contributed by atoms with E-state index < -0.39 is 0 Å². The first-order chi connectivity index (χ1) is 9.08. The number of unbranched alkanes of at least 4 members (excludes halogenated alkanes) is 2. The summed E-state index contributed by atoms with van der Waals surface area (Å²) in [4.78, 5) is 3.73. The highest BCUT2D eigenvalue weighted by Gasteiger charge is 2.03. The lowest BCUT2D eigenvalue weighted by molar-refractivity contribution is 0.319. The summed E-state index contributed by atoms with van der Waals surface area (Å²) in [5.41, 5.74) is 0. The van der Waals surface area contributed by atoms with E-state index >= 15 is 0 Å². The van der Waals surface area contributed by atoms with Crippen molar-refractivity contribution in [2.24, 2.45) is 5.92 Å². The van der Waals surface area contributed by atoms with Crippen LogP contribution in [0.4, 0.5) is 0 Å². The molecule has 1 aromatic rings. The number of hydrogen-bond acceptors (Lipinski definition) is 3. The Bertz CT molecular complexity index is 339. The van der Waals surface area contributed by atoms with Crippen molar-refractivity contribution < 1.29 is 0 Å². The van der Waals surface area contributed by atoms with Crippen LogP contribution in [-0.4, -0.2) is 31.6 Å². The lowest BCUT2D eigenvalue weighted by atomic mass is 10.2. The Morgan fingerprint density at radius 1 is 1.26 bits per heavy atom. The van der Waals surface area contributed by atoms with E-state index in [1.54, 1.807) is 11.3 Å². The molecule has 0 saturated carbocycles. The molecule has 19 heavy (non-hydrogen) atoms. The summed E-state index contributed by atoms with van der Waals surface area (Å²) in [7, 11) is 2.19. The first kappa shape index (κ1) is 17.0. The molecule has 0 aliphatic heterocycles. The Morgan fingerprint density at radius 3 is 2.68 bits per heavy atom. The number of thiophene rings is 1. The highest BCUT2D eigenvalue weighted by molar-refractivity contribution is 7.16. The van der Waals surface area contributed by atoms with Gasteiger partial charge in [-0.25, -0.2) is 0 Å². The zero-order chi connectivity index (χ0) is 14.1. The fourth-order valence-corrected chi connectivity index (χ4v) is 3.15. The summed E-state index contributed by atoms with van der Waals surface area (Å²) in [5, 5.41) is 3.49. The molecule has 1 aromatic heterocycles. The molecule has 0 unspecified atom stereocenters. The maximum Gasteiger partial charge on any atom is 0.0931 e. The number of halogens is 1. The Labute approximate surface area is 127 Å². The van der Waals surface area contributed by atoms with Crippen molar-refractivity contribution >= 4 is 22.9 Å². The van der Waals surface area contributed by atoms with Gasteiger partial charge in [0.25, 0.3) is 0 Å². The highest BCUT2D eigenvalue weighted by Crippen LogP contribution is 2.22. The van der Waals surface area contributed by atoms with Crippen molar-refractivity contribution in [2.45, 2.75) is 39.7 Å². The summed E-state index contributed by atoms with van der Waals surface area (Å²) in [6.45, 7) is 8.97. The molecular weight excluding hydrogens is 276 g/mol. The van der Waals surface area contributed by atoms with Crippen LogP contribution in [0, 0.1) is 5.92 Å². The van der Waals surface area contributed by atoms with Crippen molar-refractivity contribution in [3.05, 3.63) is 21.3 Å². The number of nitrogens with zero attached hydrogens (tertiary/aromatic N) is 1. The van der Waals surface area contributed by atoms with Crippen LogP contribution in [-0.2, 0) is 6.54 Å². The predicted molar refractivity (Wildman–Crippen MR) is 87.2 cm³/mol. The van der Waals surface area contributed by atoms with E-state index in [1.165, 1.54) is 30.7 Å². The van der Waals surface area contributed by atoms with Crippen LogP contribution in [0.1, 0.15) is 38.0 Å². The van der Waals surface area contributed by atoms with Gasteiger partial charge in [0.1, 0.15) is 0 Å². The summed E-state index contributed by atoms with van der Waals surface area (Å²) >= 11 is 7.62. The summed E-state index contributed by atoms with van der Waals surface area (Å²) in [5.74, 6) is 0.753. The molecule has 2 nitrogen and oxygen atoms in total. The van der Waals surface area contributed by atoms with Crippen LogP contribution < -0.4 is 5.32 Å². The van der Waals surface area contributed by atoms with E-state index in [0.29, 0.717) is 0 Å². The molecular formula is C15H27ClN2S. The molecule has 0 saturated heterocycles. The highest BCUT2D eigenvalue weighted by atomic mass is 35.5. The molecule has 110 valence electrons. The van der Waals surface area contributed by atoms with Crippen molar-refractivity contribution in [1.82, 2.24) is 10.2 Å². The van der Waals surface area contributed by atoms with Crippen LogP contribution in [0.2, 0.25) is 4.34 Å². The number of hydrogen-bond donors (Lipinski definition) is 1. The molecule has 1 rings (SSSR count). The minimum absolute atomic E-state index is 0.753. The predicted octanol–water partition coefficient (Wildman–Crippen LogP) is 4.25. The fourth-order valence-electron chi connectivity index (χ4n) is 1.98. The van der Waals surface area contributed by atoms with Gasteiger partial charge in [0.05, 0.1) is 4.34 Å². The van der Waals surface area contributed by atoms with Crippen molar-refractivity contribution in [2.75, 3.05) is 26.7 Å². The molecule has 0 amide bonds. The molecule has 4 heteroatoms. The lowest BCUT2D eigenvalue weighted by Gasteiger charge is -2.15. The van der Waals surface area contributed by atoms with E-state index in [0.717, 1.165) is 29.9 Å². The molecule has 0 radical (unpaired) electrons. The SMILES string of the molecule is CC(C)CNCCCCCN(C)Cc1ccc(Cl)s1. The summed E-state index contributed by atoms with van der Waals surface area (Å²) in [6.07, 6.45) is 3.87. The third-order valence-corrected chi connectivity index (χ3v) is 4.22. The van der Waals surface area contributed by atoms with Crippen molar-refractivity contribution in [1.29, 1.82) is 0 Å². The van der Waals surface area contributed by atoms with Gasteiger partial charge in [-0.3, -0.25) is 0 Å². The minimum atomic E-state index is 0.753. The normalized spacial score (nSPS) is 11.7. The zero-order valence-corrected chi connectivity index (χ0v) is 14.0. The van der Waals surface area contributed by atoms with Gasteiger partial charge >= 0.3 is 0 Å². The number of rotatable bonds is 10. The Morgan fingerprint density at radius 2 is 2.05 bits per heavy atom. The van der Waals surface area contributed by atoms with Gasteiger partial charge < -0.3 is 10.2 Å². The van der Waals surface area contributed by atoms with Crippen LogP contribution in [0.5, 0.6) is 0 Å². The van der Waals surface area contributed by atoms with Crippen LogP contribution in [0.15, 0.2) is 12.1 Å². The first-order valence-electron chi connectivity index (χ1n) is 7.21. The van der Waals surface area contributed by atoms with Gasteiger partial charge in [-0.05, 0) is 57.6 Å². The van der Waals surface area contributed by atoms with Gasteiger partial charge in [0.2, 0.25) is 0 Å². The van der Waals surface area contributed by atoms with Gasteiger partial charge in [-0.2, -0.15) is 0 Å². The third kappa shape index (κ3) is 8.64. The number of nitrogens with one attached hydrogen (secondary N) is 1. The molecule has 0 atom stereocenters. The third-order valence-electron chi connectivity index (χ3n) is 3.00. The van der Waals surface area contributed by atoms with Crippen LogP contribution in [0.3, 0.4) is 0 Å². The van der Waals surface area contributed by atoms with Gasteiger partial charge in [0.15, 0.2) is 0 Å². The molecule has 0 spiro atoms. The van der Waals surface area contributed by atoms with E-state index in [4.69, 9.17) is 11.6 Å². The average molecular weight is 303 g/mol.